The normalized spacial score (nSPS) is 10.2. The number of rotatable bonds is 5. The molecule has 1 amide bonds. The van der Waals surface area contributed by atoms with Crippen LogP contribution in [0.5, 0.6) is 17.4 Å². The second kappa shape index (κ2) is 7.68. The molecule has 0 spiro atoms. The predicted octanol–water partition coefficient (Wildman–Crippen LogP) is 4.79. The van der Waals surface area contributed by atoms with Gasteiger partial charge in [-0.3, -0.25) is 4.79 Å². The molecule has 0 radical (unpaired) electrons. The number of nitrogens with one attached hydrogen (secondary N) is 1. The molecule has 25 heavy (non-hydrogen) atoms. The van der Waals surface area contributed by atoms with Gasteiger partial charge in [-0.2, -0.15) is 0 Å². The fraction of sp³-hybridized carbons (Fsp3) is 0.0526. The van der Waals surface area contributed by atoms with Gasteiger partial charge in [0.15, 0.2) is 11.5 Å². The van der Waals surface area contributed by atoms with E-state index < -0.39 is 0 Å². The summed E-state index contributed by atoms with van der Waals surface area (Å²) >= 11 is 6.02. The van der Waals surface area contributed by atoms with Crippen molar-refractivity contribution in [3.8, 4) is 17.4 Å². The number of aromatic nitrogens is 1. The summed E-state index contributed by atoms with van der Waals surface area (Å²) in [5.74, 6) is 1.26. The second-order valence-electron chi connectivity index (χ2n) is 5.07. The number of halogens is 1. The van der Waals surface area contributed by atoms with Crippen LogP contribution in [0.4, 0.5) is 5.69 Å². The largest absolute Gasteiger partial charge is 0.493 e. The number of hydrogen-bond acceptors (Lipinski definition) is 4. The van der Waals surface area contributed by atoms with Gasteiger partial charge < -0.3 is 14.8 Å². The minimum atomic E-state index is -0.300. The monoisotopic (exact) mass is 354 g/mol. The van der Waals surface area contributed by atoms with Gasteiger partial charge in [-0.25, -0.2) is 4.98 Å². The van der Waals surface area contributed by atoms with Crippen LogP contribution in [-0.2, 0) is 0 Å². The Morgan fingerprint density at radius 3 is 2.40 bits per heavy atom. The molecule has 1 heterocycles. The number of hydrogen-bond donors (Lipinski definition) is 1. The van der Waals surface area contributed by atoms with E-state index in [4.69, 9.17) is 21.1 Å². The number of para-hydroxylation sites is 2. The molecule has 3 aromatic rings. The van der Waals surface area contributed by atoms with E-state index in [0.29, 0.717) is 33.7 Å². The molecule has 1 aromatic heterocycles. The Balaban J connectivity index is 1.70. The summed E-state index contributed by atoms with van der Waals surface area (Å²) in [7, 11) is 1.57. The number of carbonyl (C=O) groups excluding carboxylic acids is 1. The van der Waals surface area contributed by atoms with Crippen LogP contribution in [0.1, 0.15) is 10.4 Å². The molecule has 0 aliphatic rings. The number of methoxy groups -OCH3 is 1. The zero-order chi connectivity index (χ0) is 17.6. The molecule has 0 aliphatic carbocycles. The highest BCUT2D eigenvalue weighted by Crippen LogP contribution is 2.30. The Labute approximate surface area is 150 Å². The van der Waals surface area contributed by atoms with E-state index in [-0.39, 0.29) is 5.91 Å². The first-order valence-electron chi connectivity index (χ1n) is 7.50. The van der Waals surface area contributed by atoms with Gasteiger partial charge in [0.05, 0.1) is 29.6 Å². The molecule has 0 aliphatic heterocycles. The van der Waals surface area contributed by atoms with Crippen LogP contribution in [0.3, 0.4) is 0 Å². The van der Waals surface area contributed by atoms with Gasteiger partial charge in [-0.15, -0.1) is 0 Å². The Kier molecular flexibility index (Phi) is 5.16. The van der Waals surface area contributed by atoms with Crippen LogP contribution in [0, 0.1) is 0 Å². The molecule has 5 nitrogen and oxygen atoms in total. The number of nitrogens with zero attached hydrogens (tertiary/aromatic N) is 1. The van der Waals surface area contributed by atoms with E-state index in [9.17, 15) is 4.79 Å². The number of amides is 1. The van der Waals surface area contributed by atoms with Crippen molar-refractivity contribution in [2.75, 3.05) is 12.4 Å². The van der Waals surface area contributed by atoms with Crippen LogP contribution in [0.25, 0.3) is 0 Å². The molecule has 0 atom stereocenters. The minimum Gasteiger partial charge on any atom is -0.493 e. The maximum absolute atomic E-state index is 12.2. The highest BCUT2D eigenvalue weighted by molar-refractivity contribution is 6.34. The topological polar surface area (TPSA) is 60.5 Å². The molecule has 0 saturated heterocycles. The highest BCUT2D eigenvalue weighted by atomic mass is 35.5. The van der Waals surface area contributed by atoms with Crippen molar-refractivity contribution in [1.82, 2.24) is 4.98 Å². The van der Waals surface area contributed by atoms with Gasteiger partial charge in [0.1, 0.15) is 0 Å². The van der Waals surface area contributed by atoms with Crippen LogP contribution in [-0.4, -0.2) is 18.0 Å². The lowest BCUT2D eigenvalue weighted by atomic mass is 10.2. The summed E-state index contributed by atoms with van der Waals surface area (Å²) in [6.07, 6.45) is 1.51. The van der Waals surface area contributed by atoms with Crippen molar-refractivity contribution >= 4 is 23.2 Å². The lowest BCUT2D eigenvalue weighted by Gasteiger charge is -2.10. The van der Waals surface area contributed by atoms with Crippen molar-refractivity contribution in [3.63, 3.8) is 0 Å². The Morgan fingerprint density at radius 1 is 1.00 bits per heavy atom. The van der Waals surface area contributed by atoms with Gasteiger partial charge in [-0.05, 0) is 30.3 Å². The summed E-state index contributed by atoms with van der Waals surface area (Å²) in [5, 5.41) is 3.14. The third-order valence-electron chi connectivity index (χ3n) is 3.40. The average Bonchev–Trinajstić information content (AvgIpc) is 2.64. The van der Waals surface area contributed by atoms with Crippen LogP contribution < -0.4 is 14.8 Å². The van der Waals surface area contributed by atoms with E-state index in [1.807, 2.05) is 12.1 Å². The maximum atomic E-state index is 12.2. The molecule has 0 saturated carbocycles. The quantitative estimate of drug-likeness (QED) is 0.715. The third kappa shape index (κ3) is 4.08. The summed E-state index contributed by atoms with van der Waals surface area (Å²) < 4.78 is 10.9. The van der Waals surface area contributed by atoms with Crippen molar-refractivity contribution in [2.24, 2.45) is 0 Å². The van der Waals surface area contributed by atoms with Crippen molar-refractivity contribution < 1.29 is 14.3 Å². The number of pyridine rings is 1. The first kappa shape index (κ1) is 16.8. The molecule has 0 fully saturated rings. The number of carbonyl (C=O) groups is 1. The molecule has 0 unspecified atom stereocenters. The fourth-order valence-corrected chi connectivity index (χ4v) is 2.40. The smallest absolute Gasteiger partial charge is 0.257 e. The molecule has 126 valence electrons. The predicted molar refractivity (Wildman–Crippen MR) is 96.7 cm³/mol. The first-order valence-corrected chi connectivity index (χ1v) is 7.88. The molecule has 0 bridgehead atoms. The summed E-state index contributed by atoms with van der Waals surface area (Å²) in [4.78, 5) is 16.4. The minimum absolute atomic E-state index is 0.300. The molecule has 2 aromatic carbocycles. The van der Waals surface area contributed by atoms with Gasteiger partial charge in [0.25, 0.3) is 5.91 Å². The van der Waals surface area contributed by atoms with Gasteiger partial charge >= 0.3 is 0 Å². The lowest BCUT2D eigenvalue weighted by Crippen LogP contribution is -2.12. The molecular weight excluding hydrogens is 340 g/mol. The number of anilines is 1. The highest BCUT2D eigenvalue weighted by Gasteiger charge is 2.10. The van der Waals surface area contributed by atoms with E-state index in [0.717, 1.165) is 0 Å². The Bertz CT molecular complexity index is 882. The zero-order valence-electron chi connectivity index (χ0n) is 13.4. The third-order valence-corrected chi connectivity index (χ3v) is 3.73. The second-order valence-corrected chi connectivity index (χ2v) is 5.48. The van der Waals surface area contributed by atoms with Gasteiger partial charge in [0, 0.05) is 6.07 Å². The van der Waals surface area contributed by atoms with Gasteiger partial charge in [-0.1, -0.05) is 35.9 Å². The first-order chi connectivity index (χ1) is 12.2. The number of ether oxygens (including phenoxy) is 2. The Morgan fingerprint density at radius 2 is 1.72 bits per heavy atom. The van der Waals surface area contributed by atoms with Crippen LogP contribution in [0.2, 0.25) is 5.02 Å². The zero-order valence-corrected chi connectivity index (χ0v) is 14.2. The fourth-order valence-electron chi connectivity index (χ4n) is 2.17. The molecule has 3 rings (SSSR count). The average molecular weight is 355 g/mol. The van der Waals surface area contributed by atoms with Crippen LogP contribution >= 0.6 is 11.6 Å². The lowest BCUT2D eigenvalue weighted by molar-refractivity contribution is 0.102. The van der Waals surface area contributed by atoms with E-state index in [1.165, 1.54) is 6.20 Å². The maximum Gasteiger partial charge on any atom is 0.257 e. The van der Waals surface area contributed by atoms with Crippen LogP contribution in [0.15, 0.2) is 66.9 Å². The molecule has 1 N–H and O–H groups in total. The van der Waals surface area contributed by atoms with E-state index in [1.54, 1.807) is 55.6 Å². The SMILES string of the molecule is COc1ccccc1Oc1ccc(NC(=O)c2ccccc2Cl)cn1. The summed E-state index contributed by atoms with van der Waals surface area (Å²) in [6, 6.07) is 17.5. The summed E-state index contributed by atoms with van der Waals surface area (Å²) in [5.41, 5.74) is 0.941. The van der Waals surface area contributed by atoms with E-state index in [2.05, 4.69) is 10.3 Å². The van der Waals surface area contributed by atoms with Gasteiger partial charge in [0.2, 0.25) is 5.88 Å². The van der Waals surface area contributed by atoms with E-state index >= 15 is 0 Å². The molecular formula is C19H15ClN2O3. The van der Waals surface area contributed by atoms with Crippen molar-refractivity contribution in [2.45, 2.75) is 0 Å². The van der Waals surface area contributed by atoms with Crippen molar-refractivity contribution in [3.05, 3.63) is 77.4 Å². The summed E-state index contributed by atoms with van der Waals surface area (Å²) in [6.45, 7) is 0. The molecule has 6 heteroatoms. The Hall–Kier alpha value is -3.05. The number of benzene rings is 2. The van der Waals surface area contributed by atoms with Crippen molar-refractivity contribution in [1.29, 1.82) is 0 Å². The standard InChI is InChI=1S/C19H15ClN2O3/c1-24-16-8-4-5-9-17(16)25-18-11-10-13(12-21-18)22-19(23)14-6-2-3-7-15(14)20/h2-12H,1H3,(H,22,23).